The third-order valence-corrected chi connectivity index (χ3v) is 7.75. The minimum absolute atomic E-state index is 0.145. The minimum Gasteiger partial charge on any atom is -0.485 e. The molecule has 1 aliphatic rings. The highest BCUT2D eigenvalue weighted by Crippen LogP contribution is 2.34. The lowest BCUT2D eigenvalue weighted by Crippen LogP contribution is -2.41. The van der Waals surface area contributed by atoms with Crippen LogP contribution in [0.15, 0.2) is 60.7 Å². The molecule has 1 saturated heterocycles. The van der Waals surface area contributed by atoms with Gasteiger partial charge in [-0.3, -0.25) is 20.4 Å². The van der Waals surface area contributed by atoms with Crippen LogP contribution in [0.25, 0.3) is 0 Å². The number of morpholine rings is 1. The van der Waals surface area contributed by atoms with Crippen molar-refractivity contribution in [1.29, 1.82) is 5.41 Å². The van der Waals surface area contributed by atoms with E-state index in [1.807, 2.05) is 19.1 Å². The smallest absolute Gasteiger partial charge is 0.413 e. The van der Waals surface area contributed by atoms with Gasteiger partial charge in [0.05, 0.1) is 18.8 Å². The molecular formula is C39H50ClN5O8. The molecule has 0 aliphatic carbocycles. The van der Waals surface area contributed by atoms with Crippen LogP contribution >= 0.6 is 11.6 Å². The second kappa shape index (κ2) is 18.3. The van der Waals surface area contributed by atoms with Crippen molar-refractivity contribution in [2.24, 2.45) is 0 Å². The fourth-order valence-corrected chi connectivity index (χ4v) is 5.48. The lowest BCUT2D eigenvalue weighted by molar-refractivity contribution is -0.157. The number of nitrogens with zero attached hydrogens (tertiary/aromatic N) is 1. The van der Waals surface area contributed by atoms with Gasteiger partial charge in [0.25, 0.3) is 5.91 Å². The predicted octanol–water partition coefficient (Wildman–Crippen LogP) is 6.87. The molecule has 0 aromatic heterocycles. The summed E-state index contributed by atoms with van der Waals surface area (Å²) in [6.07, 6.45) is -0.923. The van der Waals surface area contributed by atoms with Crippen molar-refractivity contribution < 1.29 is 38.1 Å². The second-order valence-corrected chi connectivity index (χ2v) is 15.0. The van der Waals surface area contributed by atoms with Crippen LogP contribution in [0.5, 0.6) is 11.5 Å². The molecule has 0 bridgehead atoms. The molecule has 1 atom stereocenters. The summed E-state index contributed by atoms with van der Waals surface area (Å²) < 4.78 is 28.6. The Morgan fingerprint density at radius 3 is 2.28 bits per heavy atom. The average Bonchev–Trinajstić information content (AvgIpc) is 3.06. The Hall–Kier alpha value is -4.85. The topological polar surface area (TPSA) is 161 Å². The van der Waals surface area contributed by atoms with E-state index in [2.05, 4.69) is 20.9 Å². The summed E-state index contributed by atoms with van der Waals surface area (Å²) in [6.45, 7) is 16.1. The number of benzene rings is 3. The lowest BCUT2D eigenvalue weighted by Gasteiger charge is -2.29. The van der Waals surface area contributed by atoms with Crippen molar-refractivity contribution in [2.75, 3.05) is 50.1 Å². The molecule has 0 spiro atoms. The van der Waals surface area contributed by atoms with Gasteiger partial charge in [-0.1, -0.05) is 23.7 Å². The highest BCUT2D eigenvalue weighted by atomic mass is 35.5. The van der Waals surface area contributed by atoms with Crippen molar-refractivity contribution in [3.63, 3.8) is 0 Å². The lowest BCUT2D eigenvalue weighted by atomic mass is 10.1. The fraction of sp³-hybridized carbons (Fsp3) is 0.436. The largest absolute Gasteiger partial charge is 0.485 e. The van der Waals surface area contributed by atoms with Crippen LogP contribution in [0.1, 0.15) is 70.0 Å². The summed E-state index contributed by atoms with van der Waals surface area (Å²) in [5, 5.41) is 17.2. The zero-order valence-corrected chi connectivity index (χ0v) is 32.1. The normalized spacial score (nSPS) is 14.0. The quantitative estimate of drug-likeness (QED) is 0.0824. The van der Waals surface area contributed by atoms with Crippen molar-refractivity contribution >= 4 is 46.8 Å². The molecule has 53 heavy (non-hydrogen) atoms. The maximum atomic E-state index is 13.6. The molecule has 4 N–H and O–H groups in total. The number of carbonyl (C=O) groups excluding carboxylic acids is 3. The molecule has 3 aromatic rings. The average molecular weight is 752 g/mol. The minimum atomic E-state index is -0.736. The molecule has 13 nitrogen and oxygen atoms in total. The van der Waals surface area contributed by atoms with E-state index < -0.39 is 29.2 Å². The first kappa shape index (κ1) is 40.9. The van der Waals surface area contributed by atoms with Crippen molar-refractivity contribution in [2.45, 2.75) is 72.3 Å². The molecule has 286 valence electrons. The van der Waals surface area contributed by atoms with Gasteiger partial charge in [0.15, 0.2) is 18.1 Å². The van der Waals surface area contributed by atoms with Gasteiger partial charge in [0.1, 0.15) is 23.1 Å². The van der Waals surface area contributed by atoms with E-state index in [9.17, 15) is 14.4 Å². The van der Waals surface area contributed by atoms with Gasteiger partial charge in [0, 0.05) is 53.7 Å². The zero-order valence-electron chi connectivity index (χ0n) is 31.4. The molecule has 0 radical (unpaired) electrons. The number of carbonyl (C=O) groups is 3. The number of esters is 1. The highest BCUT2D eigenvalue weighted by Gasteiger charge is 2.22. The van der Waals surface area contributed by atoms with Crippen LogP contribution in [0, 0.1) is 5.41 Å². The number of rotatable bonds is 13. The molecule has 4 rings (SSSR count). The number of hydrogen-bond donors (Lipinski definition) is 4. The first-order valence-corrected chi connectivity index (χ1v) is 17.8. The summed E-state index contributed by atoms with van der Waals surface area (Å²) >= 11 is 6.33. The molecule has 0 saturated carbocycles. The van der Waals surface area contributed by atoms with Crippen molar-refractivity contribution in [1.82, 2.24) is 10.2 Å². The van der Waals surface area contributed by atoms with Gasteiger partial charge in [-0.15, -0.1) is 0 Å². The number of amidine groups is 1. The Morgan fingerprint density at radius 1 is 0.943 bits per heavy atom. The summed E-state index contributed by atoms with van der Waals surface area (Å²) in [7, 11) is 0. The first-order valence-electron chi connectivity index (χ1n) is 17.4. The Balaban J connectivity index is 1.49. The second-order valence-electron chi connectivity index (χ2n) is 14.5. The number of para-hydroxylation sites is 1. The van der Waals surface area contributed by atoms with Crippen LogP contribution < -0.4 is 25.4 Å². The number of anilines is 2. The highest BCUT2D eigenvalue weighted by molar-refractivity contribution is 6.31. The van der Waals surface area contributed by atoms with E-state index in [1.165, 1.54) is 0 Å². The van der Waals surface area contributed by atoms with Crippen LogP contribution in [0.3, 0.4) is 0 Å². The van der Waals surface area contributed by atoms with Crippen molar-refractivity contribution in [3.05, 3.63) is 82.4 Å². The molecule has 3 aromatic carbocycles. The van der Waals surface area contributed by atoms with Crippen LogP contribution in [0.2, 0.25) is 5.02 Å². The number of nitrogens with one attached hydrogen (secondary N) is 4. The standard InChI is InChI=1S/C39H50ClN5O8/c1-25(23-45-17-19-49-20-18-45)51-32-10-8-9-27(34(32)50-24-33(46)52-38(2,3)4)22-42-31-16-13-28(40)21-30(31)36(47)43-29-14-11-26(12-15-29)35(41)44-37(48)53-39(5,6)7/h8-16,21,25,42H,17-20,22-24H2,1-7H3,(H,43,47)(H2,41,44,48). The third-order valence-electron chi connectivity index (χ3n) is 7.51. The summed E-state index contributed by atoms with van der Waals surface area (Å²) in [5.74, 6) is -0.241. The maximum absolute atomic E-state index is 13.6. The van der Waals surface area contributed by atoms with Gasteiger partial charge in [-0.2, -0.15) is 0 Å². The van der Waals surface area contributed by atoms with Gasteiger partial charge >= 0.3 is 12.1 Å². The fourth-order valence-electron chi connectivity index (χ4n) is 5.31. The predicted molar refractivity (Wildman–Crippen MR) is 205 cm³/mol. The van der Waals surface area contributed by atoms with Gasteiger partial charge < -0.3 is 34.3 Å². The van der Waals surface area contributed by atoms with Crippen LogP contribution in [-0.2, 0) is 25.5 Å². The first-order chi connectivity index (χ1) is 25.0. The molecule has 1 aliphatic heterocycles. The van der Waals surface area contributed by atoms with E-state index in [0.29, 0.717) is 58.8 Å². The molecule has 2 amide bonds. The van der Waals surface area contributed by atoms with Crippen molar-refractivity contribution in [3.8, 4) is 11.5 Å². The van der Waals surface area contributed by atoms with Crippen LogP contribution in [0.4, 0.5) is 16.2 Å². The summed E-state index contributed by atoms with van der Waals surface area (Å²) in [4.78, 5) is 40.6. The number of hydrogen-bond acceptors (Lipinski definition) is 11. The summed E-state index contributed by atoms with van der Waals surface area (Å²) in [6, 6.07) is 16.9. The Bertz CT molecular complexity index is 1750. The van der Waals surface area contributed by atoms with E-state index in [-0.39, 0.29) is 30.7 Å². The molecule has 1 fully saturated rings. The number of halogens is 1. The molecule has 1 unspecified atom stereocenters. The van der Waals surface area contributed by atoms with E-state index in [4.69, 9.17) is 40.7 Å². The van der Waals surface area contributed by atoms with E-state index in [1.54, 1.807) is 90.1 Å². The molecular weight excluding hydrogens is 702 g/mol. The van der Waals surface area contributed by atoms with Gasteiger partial charge in [0.2, 0.25) is 0 Å². The Labute approximate surface area is 316 Å². The summed E-state index contributed by atoms with van der Waals surface area (Å²) in [5.41, 5.74) is 0.965. The number of amides is 2. The van der Waals surface area contributed by atoms with Crippen LogP contribution in [-0.4, -0.2) is 85.5 Å². The monoisotopic (exact) mass is 751 g/mol. The molecule has 1 heterocycles. The Kier molecular flexibility index (Phi) is 14.1. The van der Waals surface area contributed by atoms with E-state index >= 15 is 0 Å². The van der Waals surface area contributed by atoms with Gasteiger partial charge in [-0.05, 0) is 97.0 Å². The SMILES string of the molecule is CC(CN1CCOCC1)Oc1cccc(CNc2ccc(Cl)cc2C(=O)Nc2ccc(C(=N)NC(=O)OC(C)(C)C)cc2)c1OCC(=O)OC(C)(C)C. The number of ether oxygens (including phenoxy) is 5. The maximum Gasteiger partial charge on any atom is 0.413 e. The zero-order chi connectivity index (χ0) is 38.8. The Morgan fingerprint density at radius 2 is 1.62 bits per heavy atom. The van der Waals surface area contributed by atoms with Gasteiger partial charge in [-0.25, -0.2) is 9.59 Å². The van der Waals surface area contributed by atoms with E-state index in [0.717, 1.165) is 13.1 Å². The number of alkyl carbamates (subject to hydrolysis) is 1. The third kappa shape index (κ3) is 13.6. The molecule has 14 heteroatoms.